The number of ether oxygens (including phenoxy) is 2. The molecule has 2 fully saturated rings. The van der Waals surface area contributed by atoms with Crippen molar-refractivity contribution in [3.05, 3.63) is 17.8 Å². The summed E-state index contributed by atoms with van der Waals surface area (Å²) in [5, 5.41) is 50.4. The first-order valence-electron chi connectivity index (χ1n) is 12.7. The molecule has 2 aliphatic rings. The van der Waals surface area contributed by atoms with Crippen molar-refractivity contribution in [3.63, 3.8) is 0 Å². The quantitative estimate of drug-likeness (QED) is 0.137. The normalized spacial score (nSPS) is 25.9. The number of anilines is 1. The molecule has 7 N–H and O–H groups in total. The Morgan fingerprint density at radius 3 is 2.64 bits per heavy atom. The van der Waals surface area contributed by atoms with Crippen LogP contribution in [0.3, 0.4) is 0 Å². The van der Waals surface area contributed by atoms with Gasteiger partial charge in [-0.3, -0.25) is 4.57 Å². The number of aromatic amines is 1. The molecule has 5 atom stereocenters. The number of aliphatic hydroxyl groups excluding tert-OH is 3. The largest absolute Gasteiger partial charge is 0.393 e. The summed E-state index contributed by atoms with van der Waals surface area (Å²) in [4.78, 5) is 29.1. The Bertz CT molecular complexity index is 1310. The number of hydrogen-bond acceptors (Lipinski definition) is 13. The monoisotopic (exact) mass is 569 g/mol. The van der Waals surface area contributed by atoms with Crippen LogP contribution in [0, 0.1) is 0 Å². The molecule has 0 unspecified atom stereocenters. The van der Waals surface area contributed by atoms with Gasteiger partial charge in [0, 0.05) is 12.5 Å². The van der Waals surface area contributed by atoms with Crippen LogP contribution in [0.4, 0.5) is 5.82 Å². The molecule has 1 saturated heterocycles. The Morgan fingerprint density at radius 1 is 1.23 bits per heavy atom. The number of aliphatic hydroxyl groups is 3. The molecule has 0 bridgehead atoms. The maximum Gasteiger partial charge on any atom is 0.359 e. The summed E-state index contributed by atoms with van der Waals surface area (Å²) >= 11 is 0. The van der Waals surface area contributed by atoms with Crippen molar-refractivity contribution in [2.45, 2.75) is 81.4 Å². The van der Waals surface area contributed by atoms with Gasteiger partial charge < -0.3 is 39.9 Å². The molecule has 0 amide bonds. The average molecular weight is 570 g/mol. The molecule has 4 heterocycles. The molecule has 5 rings (SSSR count). The zero-order valence-corrected chi connectivity index (χ0v) is 22.1. The molecule has 17 nitrogen and oxygen atoms in total. The zero-order chi connectivity index (χ0) is 27.8. The van der Waals surface area contributed by atoms with Crippen LogP contribution in [-0.2, 0) is 26.9 Å². The molecule has 0 radical (unpaired) electrons. The number of H-pyrrole nitrogens is 1. The van der Waals surface area contributed by atoms with Crippen molar-refractivity contribution in [3.8, 4) is 0 Å². The Balaban J connectivity index is 1.38. The highest BCUT2D eigenvalue weighted by Crippen LogP contribution is 2.53. The summed E-state index contributed by atoms with van der Waals surface area (Å²) in [5.41, 5.74) is 0.400. The van der Waals surface area contributed by atoms with Gasteiger partial charge >= 0.3 is 7.60 Å². The predicted octanol–water partition coefficient (Wildman–Crippen LogP) is -0.999. The summed E-state index contributed by atoms with van der Waals surface area (Å²) in [6.45, 7) is 0.251. The van der Waals surface area contributed by atoms with E-state index in [1.54, 1.807) is 6.20 Å². The van der Waals surface area contributed by atoms with E-state index in [4.69, 9.17) is 9.47 Å². The van der Waals surface area contributed by atoms with Gasteiger partial charge in [0.1, 0.15) is 30.0 Å². The second-order valence-corrected chi connectivity index (χ2v) is 11.7. The van der Waals surface area contributed by atoms with E-state index in [1.165, 1.54) is 4.68 Å². The molecule has 1 saturated carbocycles. The van der Waals surface area contributed by atoms with E-state index in [2.05, 4.69) is 41.0 Å². The Labute approximate surface area is 222 Å². The second-order valence-electron chi connectivity index (χ2n) is 9.80. The lowest BCUT2D eigenvalue weighted by molar-refractivity contribution is -0.109. The topological polar surface area (TPSA) is 247 Å². The minimum atomic E-state index is -5.10. The van der Waals surface area contributed by atoms with Crippen LogP contribution in [0.5, 0.6) is 0 Å². The molecule has 18 heteroatoms. The van der Waals surface area contributed by atoms with Gasteiger partial charge in [0.15, 0.2) is 23.0 Å². The highest BCUT2D eigenvalue weighted by atomic mass is 31.2. The average Bonchev–Trinajstić information content (AvgIpc) is 3.71. The van der Waals surface area contributed by atoms with Gasteiger partial charge in [-0.15, -0.1) is 10.2 Å². The molecule has 1 aliphatic heterocycles. The minimum absolute atomic E-state index is 0.102. The van der Waals surface area contributed by atoms with Gasteiger partial charge in [-0.2, -0.15) is 10.3 Å². The minimum Gasteiger partial charge on any atom is -0.393 e. The van der Waals surface area contributed by atoms with Crippen LogP contribution in [0.25, 0.3) is 11.0 Å². The highest BCUT2D eigenvalue weighted by molar-refractivity contribution is 7.53. The van der Waals surface area contributed by atoms with Gasteiger partial charge in [-0.05, 0) is 12.8 Å². The predicted molar refractivity (Wildman–Crippen MR) is 132 cm³/mol. The number of nitrogens with one attached hydrogen (secondary N) is 2. The molecule has 0 spiro atoms. The van der Waals surface area contributed by atoms with E-state index >= 15 is 0 Å². The summed E-state index contributed by atoms with van der Waals surface area (Å²) in [6, 6.07) is 0.293. The molecular weight excluding hydrogens is 537 g/mol. The number of aryl methyl sites for hydroxylation is 1. The van der Waals surface area contributed by atoms with Crippen LogP contribution in [0.1, 0.15) is 50.5 Å². The summed E-state index contributed by atoms with van der Waals surface area (Å²) in [7, 11) is -5.10. The van der Waals surface area contributed by atoms with Crippen LogP contribution in [0.15, 0.2) is 6.20 Å². The van der Waals surface area contributed by atoms with E-state index in [9.17, 15) is 29.7 Å². The molecule has 39 heavy (non-hydrogen) atoms. The summed E-state index contributed by atoms with van der Waals surface area (Å²) < 4.78 is 25.1. The third-order valence-corrected chi connectivity index (χ3v) is 8.70. The molecule has 0 aromatic carbocycles. The molecule has 214 valence electrons. The van der Waals surface area contributed by atoms with Gasteiger partial charge in [0.05, 0.1) is 31.2 Å². The fourth-order valence-electron chi connectivity index (χ4n) is 4.93. The first kappa shape index (κ1) is 27.9. The number of hydrogen-bond donors (Lipinski definition) is 7. The van der Waals surface area contributed by atoms with Gasteiger partial charge in [-0.1, -0.05) is 25.0 Å². The highest BCUT2D eigenvalue weighted by Gasteiger charge is 2.52. The Morgan fingerprint density at radius 2 is 2.00 bits per heavy atom. The molecule has 1 aliphatic carbocycles. The number of rotatable bonds is 11. The van der Waals surface area contributed by atoms with E-state index in [0.29, 0.717) is 35.1 Å². The second kappa shape index (κ2) is 11.1. The number of aromatic nitrogens is 8. The summed E-state index contributed by atoms with van der Waals surface area (Å²) in [6.07, 6.45) is 0.528. The van der Waals surface area contributed by atoms with Crippen molar-refractivity contribution in [1.29, 1.82) is 0 Å². The number of tetrazole rings is 1. The Hall–Kier alpha value is -2.63. The van der Waals surface area contributed by atoms with Gasteiger partial charge in [0.25, 0.3) is 0 Å². The van der Waals surface area contributed by atoms with E-state index in [0.717, 1.165) is 25.7 Å². The van der Waals surface area contributed by atoms with Crippen molar-refractivity contribution in [1.82, 2.24) is 40.4 Å². The fraction of sp³-hybridized carbons (Fsp3) is 0.714. The first-order chi connectivity index (χ1) is 18.7. The lowest BCUT2D eigenvalue weighted by Gasteiger charge is -2.32. The Kier molecular flexibility index (Phi) is 7.94. The smallest absolute Gasteiger partial charge is 0.359 e. The number of fused-ring (bicyclic) bond motifs is 1. The lowest BCUT2D eigenvalue weighted by Crippen LogP contribution is -2.43. The number of nitrogens with zero attached hydrogens (tertiary/aromatic N) is 7. The van der Waals surface area contributed by atoms with Crippen molar-refractivity contribution < 1.29 is 39.1 Å². The van der Waals surface area contributed by atoms with Gasteiger partial charge in [-0.25, -0.2) is 14.6 Å². The standard InChI is InChI=1S/C21H32N9O8P/c1-2-14-24-18(23-11-5-3-4-6-11)12-8-22-30(19(12)25-14)20-17(33)16(32)13(38-20)9-37-21(10-31,39(34,35)36)7-15-26-28-29-27-15/h8,11,13,16-17,20,31-33H,2-7,9-10H2,1H3,(H,23,24,25)(H2,34,35,36)(H,26,27,28,29)/t13-,16-,17-,20-,21+/m1/s1. The van der Waals surface area contributed by atoms with Crippen LogP contribution in [-0.4, -0.2) is 108 Å². The zero-order valence-electron chi connectivity index (χ0n) is 21.2. The first-order valence-corrected chi connectivity index (χ1v) is 14.3. The van der Waals surface area contributed by atoms with Gasteiger partial charge in [0.2, 0.25) is 0 Å². The lowest BCUT2D eigenvalue weighted by atomic mass is 10.1. The van der Waals surface area contributed by atoms with Crippen molar-refractivity contribution >= 4 is 24.4 Å². The maximum atomic E-state index is 12.3. The third kappa shape index (κ3) is 5.40. The molecule has 3 aromatic rings. The van der Waals surface area contributed by atoms with Crippen LogP contribution < -0.4 is 5.32 Å². The van der Waals surface area contributed by atoms with Crippen LogP contribution in [0.2, 0.25) is 0 Å². The third-order valence-electron chi connectivity index (χ3n) is 7.21. The molecular formula is C21H32N9O8P. The summed E-state index contributed by atoms with van der Waals surface area (Å²) in [5.74, 6) is 1.10. The fourth-order valence-corrected chi connectivity index (χ4v) is 5.71. The SMILES string of the molecule is CCc1nc(NC2CCCC2)c2cnn([C@@H]3O[C@H](CO[C@@](CO)(Cc4nn[nH]n4)P(=O)(O)O)[C@@H](O)[C@H]3O)c2n1. The van der Waals surface area contributed by atoms with Crippen molar-refractivity contribution in [2.24, 2.45) is 0 Å². The maximum absolute atomic E-state index is 12.3. The van der Waals surface area contributed by atoms with E-state index in [-0.39, 0.29) is 5.82 Å². The van der Waals surface area contributed by atoms with E-state index < -0.39 is 57.1 Å². The van der Waals surface area contributed by atoms with Crippen LogP contribution >= 0.6 is 7.60 Å². The van der Waals surface area contributed by atoms with Crippen molar-refractivity contribution in [2.75, 3.05) is 18.5 Å². The van der Waals surface area contributed by atoms with E-state index in [1.807, 2.05) is 6.92 Å². The molecule has 3 aromatic heterocycles.